The van der Waals surface area contributed by atoms with Gasteiger partial charge in [0.1, 0.15) is 5.01 Å². The Hall–Kier alpha value is -2.55. The van der Waals surface area contributed by atoms with Crippen LogP contribution < -0.4 is 5.32 Å². The van der Waals surface area contributed by atoms with Crippen molar-refractivity contribution < 1.29 is 14.5 Å². The molecule has 0 atom stereocenters. The number of ether oxygens (including phenoxy) is 1. The number of non-ortho nitro benzene ring substituents is 1. The van der Waals surface area contributed by atoms with E-state index >= 15 is 0 Å². The number of carbonyl (C=O) groups is 1. The average Bonchev–Trinajstić information content (AvgIpc) is 2.87. The fourth-order valence-corrected chi connectivity index (χ4v) is 2.12. The van der Waals surface area contributed by atoms with Crippen molar-refractivity contribution in [3.63, 3.8) is 0 Å². The van der Waals surface area contributed by atoms with Gasteiger partial charge >= 0.3 is 6.09 Å². The normalized spacial score (nSPS) is 10.1. The number of rotatable bonds is 4. The third-order valence-corrected chi connectivity index (χ3v) is 3.10. The molecule has 0 aliphatic carbocycles. The highest BCUT2D eigenvalue weighted by molar-refractivity contribution is 7.18. The van der Waals surface area contributed by atoms with E-state index in [0.29, 0.717) is 10.6 Å². The van der Waals surface area contributed by atoms with Gasteiger partial charge in [-0.1, -0.05) is 23.5 Å². The van der Waals surface area contributed by atoms with E-state index in [1.165, 1.54) is 12.1 Å². The fourth-order valence-electron chi connectivity index (χ4n) is 1.40. The van der Waals surface area contributed by atoms with Crippen LogP contribution in [0.15, 0.2) is 24.3 Å². The summed E-state index contributed by atoms with van der Waals surface area (Å²) in [6.07, 6.45) is -0.616. The topological polar surface area (TPSA) is 107 Å². The van der Waals surface area contributed by atoms with Crippen LogP contribution in [-0.4, -0.2) is 27.8 Å². The summed E-state index contributed by atoms with van der Waals surface area (Å²) in [7, 11) is 0. The molecule has 1 amide bonds. The second kappa shape index (κ2) is 6.06. The van der Waals surface area contributed by atoms with Crippen molar-refractivity contribution in [3.05, 3.63) is 34.4 Å². The second-order valence-corrected chi connectivity index (χ2v) is 4.54. The van der Waals surface area contributed by atoms with E-state index in [4.69, 9.17) is 4.74 Å². The molecule has 8 nitrogen and oxygen atoms in total. The van der Waals surface area contributed by atoms with Crippen molar-refractivity contribution in [3.8, 4) is 10.6 Å². The van der Waals surface area contributed by atoms with E-state index in [9.17, 15) is 14.9 Å². The highest BCUT2D eigenvalue weighted by atomic mass is 32.1. The van der Waals surface area contributed by atoms with Gasteiger partial charge in [0.05, 0.1) is 11.5 Å². The molecular weight excluding hydrogens is 284 g/mol. The zero-order chi connectivity index (χ0) is 14.5. The summed E-state index contributed by atoms with van der Waals surface area (Å²) in [5, 5.41) is 21.5. The van der Waals surface area contributed by atoms with Crippen LogP contribution in [0.25, 0.3) is 10.6 Å². The van der Waals surface area contributed by atoms with Crippen molar-refractivity contribution in [1.82, 2.24) is 10.2 Å². The Labute approximate surface area is 117 Å². The van der Waals surface area contributed by atoms with E-state index in [1.54, 1.807) is 19.1 Å². The molecule has 20 heavy (non-hydrogen) atoms. The van der Waals surface area contributed by atoms with Gasteiger partial charge in [-0.15, -0.1) is 10.2 Å². The summed E-state index contributed by atoms with van der Waals surface area (Å²) in [5.41, 5.74) is 0.534. The molecule has 0 unspecified atom stereocenters. The van der Waals surface area contributed by atoms with E-state index < -0.39 is 11.0 Å². The Morgan fingerprint density at radius 3 is 3.00 bits per heavy atom. The quantitative estimate of drug-likeness (QED) is 0.686. The van der Waals surface area contributed by atoms with Gasteiger partial charge in [0.2, 0.25) is 5.13 Å². The number of nitro groups is 1. The molecular formula is C11H10N4O4S. The van der Waals surface area contributed by atoms with Crippen LogP contribution in [0, 0.1) is 10.1 Å². The molecule has 104 valence electrons. The van der Waals surface area contributed by atoms with Crippen molar-refractivity contribution in [2.45, 2.75) is 6.92 Å². The maximum atomic E-state index is 11.2. The molecule has 9 heteroatoms. The first-order valence-corrected chi connectivity index (χ1v) is 6.44. The zero-order valence-electron chi connectivity index (χ0n) is 10.4. The number of nitrogens with zero attached hydrogens (tertiary/aromatic N) is 3. The highest BCUT2D eigenvalue weighted by Gasteiger charge is 2.12. The number of aromatic nitrogens is 2. The Kier molecular flexibility index (Phi) is 4.20. The minimum absolute atomic E-state index is 0.0300. The number of nitrogens with one attached hydrogen (secondary N) is 1. The molecule has 0 radical (unpaired) electrons. The smallest absolute Gasteiger partial charge is 0.413 e. The fraction of sp³-hybridized carbons (Fsp3) is 0.182. The molecule has 0 spiro atoms. The monoisotopic (exact) mass is 294 g/mol. The average molecular weight is 294 g/mol. The summed E-state index contributed by atoms with van der Waals surface area (Å²) in [5.74, 6) is 0. The van der Waals surface area contributed by atoms with Gasteiger partial charge in [-0.2, -0.15) is 0 Å². The molecule has 1 aromatic heterocycles. The molecule has 0 aliphatic heterocycles. The third kappa shape index (κ3) is 3.26. The summed E-state index contributed by atoms with van der Waals surface area (Å²) in [6.45, 7) is 1.94. The lowest BCUT2D eigenvalue weighted by Crippen LogP contribution is -2.12. The summed E-state index contributed by atoms with van der Waals surface area (Å²) >= 11 is 1.10. The lowest BCUT2D eigenvalue weighted by Gasteiger charge is -1.99. The number of benzene rings is 1. The molecule has 0 saturated heterocycles. The zero-order valence-corrected chi connectivity index (χ0v) is 11.2. The van der Waals surface area contributed by atoms with Crippen molar-refractivity contribution >= 4 is 28.2 Å². The minimum atomic E-state index is -0.616. The van der Waals surface area contributed by atoms with E-state index in [-0.39, 0.29) is 17.4 Å². The summed E-state index contributed by atoms with van der Waals surface area (Å²) in [6, 6.07) is 6.03. The van der Waals surface area contributed by atoms with Crippen LogP contribution in [0.3, 0.4) is 0 Å². The van der Waals surface area contributed by atoms with Crippen LogP contribution in [0.2, 0.25) is 0 Å². The largest absolute Gasteiger partial charge is 0.450 e. The van der Waals surface area contributed by atoms with Gasteiger partial charge in [-0.05, 0) is 6.92 Å². The molecule has 0 fully saturated rings. The van der Waals surface area contributed by atoms with Crippen LogP contribution in [0.1, 0.15) is 6.92 Å². The first kappa shape index (κ1) is 13.9. The standard InChI is InChI=1S/C11H10N4O4S/c1-2-19-11(16)12-10-14-13-9(20-10)7-4-3-5-8(6-7)15(17)18/h3-6H,2H2,1H3,(H,12,14,16). The molecule has 0 bridgehead atoms. The first-order chi connectivity index (χ1) is 9.60. The van der Waals surface area contributed by atoms with Crippen molar-refractivity contribution in [1.29, 1.82) is 0 Å². The Balaban J connectivity index is 2.18. The molecule has 2 rings (SSSR count). The van der Waals surface area contributed by atoms with Crippen LogP contribution in [0.4, 0.5) is 15.6 Å². The van der Waals surface area contributed by atoms with Gasteiger partial charge in [0.15, 0.2) is 0 Å². The maximum Gasteiger partial charge on any atom is 0.413 e. The van der Waals surface area contributed by atoms with Gasteiger partial charge in [0, 0.05) is 17.7 Å². The predicted molar refractivity (Wildman–Crippen MR) is 72.6 cm³/mol. The number of hydrogen-bond acceptors (Lipinski definition) is 7. The van der Waals surface area contributed by atoms with Crippen molar-refractivity contribution in [2.75, 3.05) is 11.9 Å². The number of anilines is 1. The summed E-state index contributed by atoms with van der Waals surface area (Å²) < 4.78 is 4.71. The van der Waals surface area contributed by atoms with Gasteiger partial charge in [0.25, 0.3) is 5.69 Å². The van der Waals surface area contributed by atoms with Crippen LogP contribution >= 0.6 is 11.3 Å². The van der Waals surface area contributed by atoms with Gasteiger partial charge < -0.3 is 4.74 Å². The number of nitro benzene ring substituents is 1. The van der Waals surface area contributed by atoms with E-state index in [0.717, 1.165) is 11.3 Å². The SMILES string of the molecule is CCOC(=O)Nc1nnc(-c2cccc([N+](=O)[O-])c2)s1. The first-order valence-electron chi connectivity index (χ1n) is 5.62. The molecule has 1 heterocycles. The minimum Gasteiger partial charge on any atom is -0.450 e. The van der Waals surface area contributed by atoms with E-state index in [2.05, 4.69) is 15.5 Å². The van der Waals surface area contributed by atoms with Gasteiger partial charge in [-0.25, -0.2) is 4.79 Å². The van der Waals surface area contributed by atoms with Crippen molar-refractivity contribution in [2.24, 2.45) is 0 Å². The maximum absolute atomic E-state index is 11.2. The molecule has 1 aromatic carbocycles. The van der Waals surface area contributed by atoms with Crippen LogP contribution in [-0.2, 0) is 4.74 Å². The number of carbonyl (C=O) groups excluding carboxylic acids is 1. The molecule has 0 aliphatic rings. The summed E-state index contributed by atoms with van der Waals surface area (Å²) in [4.78, 5) is 21.4. The lowest BCUT2D eigenvalue weighted by molar-refractivity contribution is -0.384. The molecule has 0 saturated carbocycles. The van der Waals surface area contributed by atoms with E-state index in [1.807, 2.05) is 0 Å². The lowest BCUT2D eigenvalue weighted by atomic mass is 10.2. The number of amides is 1. The third-order valence-electron chi connectivity index (χ3n) is 2.21. The van der Waals surface area contributed by atoms with Gasteiger partial charge in [-0.3, -0.25) is 15.4 Å². The predicted octanol–water partition coefficient (Wildman–Crippen LogP) is 2.68. The molecule has 2 aromatic rings. The Morgan fingerprint density at radius 2 is 2.30 bits per heavy atom. The Morgan fingerprint density at radius 1 is 1.50 bits per heavy atom. The number of hydrogen-bond donors (Lipinski definition) is 1. The van der Waals surface area contributed by atoms with Crippen LogP contribution in [0.5, 0.6) is 0 Å². The molecule has 1 N–H and O–H groups in total. The second-order valence-electron chi connectivity index (χ2n) is 3.57. The Bertz CT molecular complexity index is 643. The highest BCUT2D eigenvalue weighted by Crippen LogP contribution is 2.28.